The van der Waals surface area contributed by atoms with Crippen molar-refractivity contribution in [3.63, 3.8) is 0 Å². The second-order valence-electron chi connectivity index (χ2n) is 7.95. The summed E-state index contributed by atoms with van der Waals surface area (Å²) in [6.07, 6.45) is 3.01. The van der Waals surface area contributed by atoms with E-state index in [1.165, 1.54) is 24.3 Å². The summed E-state index contributed by atoms with van der Waals surface area (Å²) in [6.45, 7) is 6.58. The molecule has 0 saturated carbocycles. The van der Waals surface area contributed by atoms with Gasteiger partial charge in [0.05, 0.1) is 10.6 Å². The Kier molecular flexibility index (Phi) is 6.84. The fourth-order valence-corrected chi connectivity index (χ4v) is 3.47. The van der Waals surface area contributed by atoms with Crippen LogP contribution < -0.4 is 10.7 Å². The van der Waals surface area contributed by atoms with Crippen LogP contribution in [0.2, 0.25) is 0 Å². The lowest BCUT2D eigenvalue weighted by molar-refractivity contribution is -0.384. The van der Waals surface area contributed by atoms with Crippen LogP contribution in [0.5, 0.6) is 0 Å². The van der Waals surface area contributed by atoms with Gasteiger partial charge in [0.2, 0.25) is 0 Å². The standard InChI is InChI=1S/C22H26N4O5/c1-13(2)11-12-23-22(28)20-14(3)19-17(5-4-6-18(19)31-20)24-25-21(27)15-7-9-16(10-8-15)26(29)30/h7-10,13H,4-6,11-12H2,1-3H3,(H,23,28)(H,25,27)/b24-17+. The Bertz CT molecular complexity index is 1020. The van der Waals surface area contributed by atoms with Crippen molar-refractivity contribution in [2.45, 2.75) is 46.5 Å². The van der Waals surface area contributed by atoms with Gasteiger partial charge in [-0.05, 0) is 44.2 Å². The Morgan fingerprint density at radius 3 is 2.55 bits per heavy atom. The first-order chi connectivity index (χ1) is 14.8. The predicted octanol–water partition coefficient (Wildman–Crippen LogP) is 3.74. The lowest BCUT2D eigenvalue weighted by atomic mass is 9.93. The number of amides is 2. The Morgan fingerprint density at radius 2 is 1.90 bits per heavy atom. The monoisotopic (exact) mass is 426 g/mol. The molecule has 0 aliphatic heterocycles. The van der Waals surface area contributed by atoms with Crippen molar-refractivity contribution < 1.29 is 18.9 Å². The van der Waals surface area contributed by atoms with Gasteiger partial charge in [-0.3, -0.25) is 19.7 Å². The summed E-state index contributed by atoms with van der Waals surface area (Å²) in [4.78, 5) is 35.1. The number of fused-ring (bicyclic) bond motifs is 1. The second-order valence-corrected chi connectivity index (χ2v) is 7.95. The van der Waals surface area contributed by atoms with Crippen LogP contribution in [-0.4, -0.2) is 29.0 Å². The molecular formula is C22H26N4O5. The number of carbonyl (C=O) groups excluding carboxylic acids is 2. The molecule has 1 aromatic carbocycles. The molecule has 31 heavy (non-hydrogen) atoms. The predicted molar refractivity (Wildman–Crippen MR) is 115 cm³/mol. The Hall–Kier alpha value is -3.49. The minimum atomic E-state index is -0.524. The Balaban J connectivity index is 1.75. The SMILES string of the molecule is Cc1c(C(=O)NCCC(C)C)oc2c1/C(=N/NC(=O)c1ccc([N+](=O)[O-])cc1)CCC2. The first-order valence-electron chi connectivity index (χ1n) is 10.3. The maximum absolute atomic E-state index is 12.5. The highest BCUT2D eigenvalue weighted by molar-refractivity contribution is 6.07. The fourth-order valence-electron chi connectivity index (χ4n) is 3.47. The number of hydrogen-bond donors (Lipinski definition) is 2. The van der Waals surface area contributed by atoms with Crippen molar-refractivity contribution in [2.75, 3.05) is 6.54 Å². The van der Waals surface area contributed by atoms with E-state index < -0.39 is 10.8 Å². The van der Waals surface area contributed by atoms with Gasteiger partial charge in [-0.25, -0.2) is 5.43 Å². The molecule has 164 valence electrons. The average molecular weight is 426 g/mol. The molecule has 0 fully saturated rings. The van der Waals surface area contributed by atoms with Gasteiger partial charge in [-0.1, -0.05) is 13.8 Å². The second kappa shape index (κ2) is 9.55. The van der Waals surface area contributed by atoms with Crippen LogP contribution in [0.15, 0.2) is 33.8 Å². The van der Waals surface area contributed by atoms with E-state index >= 15 is 0 Å². The molecule has 0 atom stereocenters. The third-order valence-corrected chi connectivity index (χ3v) is 5.17. The highest BCUT2D eigenvalue weighted by Gasteiger charge is 2.28. The number of non-ortho nitro benzene ring substituents is 1. The zero-order chi connectivity index (χ0) is 22.5. The number of nitrogens with zero attached hydrogens (tertiary/aromatic N) is 2. The van der Waals surface area contributed by atoms with Crippen molar-refractivity contribution in [3.05, 3.63) is 62.6 Å². The first-order valence-corrected chi connectivity index (χ1v) is 10.3. The van der Waals surface area contributed by atoms with Gasteiger partial charge >= 0.3 is 0 Å². The number of rotatable bonds is 7. The number of hydrazone groups is 1. The molecule has 0 radical (unpaired) electrons. The lowest BCUT2D eigenvalue weighted by Gasteiger charge is -2.13. The third-order valence-electron chi connectivity index (χ3n) is 5.17. The smallest absolute Gasteiger partial charge is 0.287 e. The summed E-state index contributed by atoms with van der Waals surface area (Å²) < 4.78 is 5.84. The molecule has 0 saturated heterocycles. The van der Waals surface area contributed by atoms with Crippen LogP contribution in [0, 0.1) is 23.0 Å². The highest BCUT2D eigenvalue weighted by atomic mass is 16.6. The van der Waals surface area contributed by atoms with Crippen molar-refractivity contribution >= 4 is 23.2 Å². The van der Waals surface area contributed by atoms with Crippen LogP contribution >= 0.6 is 0 Å². The number of carbonyl (C=O) groups is 2. The van der Waals surface area contributed by atoms with Crippen molar-refractivity contribution in [1.82, 2.24) is 10.7 Å². The Labute approximate surface area is 180 Å². The largest absolute Gasteiger partial charge is 0.455 e. The van der Waals surface area contributed by atoms with Crippen molar-refractivity contribution in [1.29, 1.82) is 0 Å². The van der Waals surface area contributed by atoms with E-state index in [-0.39, 0.29) is 22.9 Å². The quantitative estimate of drug-likeness (QED) is 0.515. The number of aryl methyl sites for hydroxylation is 1. The minimum Gasteiger partial charge on any atom is -0.455 e. The van der Waals surface area contributed by atoms with Crippen molar-refractivity contribution in [2.24, 2.45) is 11.0 Å². The zero-order valence-electron chi connectivity index (χ0n) is 17.9. The van der Waals surface area contributed by atoms with E-state index in [2.05, 4.69) is 29.7 Å². The molecule has 1 aromatic heterocycles. The molecule has 9 nitrogen and oxygen atoms in total. The normalized spacial score (nSPS) is 14.4. The van der Waals surface area contributed by atoms with E-state index in [1.807, 2.05) is 6.92 Å². The highest BCUT2D eigenvalue weighted by Crippen LogP contribution is 2.30. The van der Waals surface area contributed by atoms with Crippen molar-refractivity contribution in [3.8, 4) is 0 Å². The number of benzene rings is 1. The summed E-state index contributed by atoms with van der Waals surface area (Å²) in [5.41, 5.74) is 4.81. The summed E-state index contributed by atoms with van der Waals surface area (Å²) in [7, 11) is 0. The molecule has 0 bridgehead atoms. The van der Waals surface area contributed by atoms with Crippen LogP contribution in [0.1, 0.15) is 70.9 Å². The van der Waals surface area contributed by atoms with Crippen LogP contribution in [-0.2, 0) is 6.42 Å². The van der Waals surface area contributed by atoms with Gasteiger partial charge in [0.15, 0.2) is 5.76 Å². The third kappa shape index (κ3) is 5.17. The molecule has 0 spiro atoms. The van der Waals surface area contributed by atoms with E-state index in [1.54, 1.807) is 0 Å². The topological polar surface area (TPSA) is 127 Å². The molecule has 2 amide bonds. The molecular weight excluding hydrogens is 400 g/mol. The van der Waals surface area contributed by atoms with Crippen LogP contribution in [0.25, 0.3) is 0 Å². The molecule has 0 unspecified atom stereocenters. The first kappa shape index (κ1) is 22.2. The minimum absolute atomic E-state index is 0.0898. The van der Waals surface area contributed by atoms with Gasteiger partial charge in [0.1, 0.15) is 5.76 Å². The van der Waals surface area contributed by atoms with Gasteiger partial charge in [0, 0.05) is 41.8 Å². The number of nitrogens with one attached hydrogen (secondary N) is 2. The maximum Gasteiger partial charge on any atom is 0.287 e. The maximum atomic E-state index is 12.5. The molecule has 9 heteroatoms. The van der Waals surface area contributed by atoms with Gasteiger partial charge in [-0.2, -0.15) is 5.10 Å². The number of hydrogen-bond acceptors (Lipinski definition) is 6. The zero-order valence-corrected chi connectivity index (χ0v) is 17.9. The molecule has 3 rings (SSSR count). The lowest BCUT2D eigenvalue weighted by Crippen LogP contribution is -2.25. The number of nitro benzene ring substituents is 1. The molecule has 1 aliphatic carbocycles. The molecule has 2 N–H and O–H groups in total. The van der Waals surface area contributed by atoms with Crippen LogP contribution in [0.4, 0.5) is 5.69 Å². The molecule has 1 heterocycles. The van der Waals surface area contributed by atoms with E-state index in [9.17, 15) is 19.7 Å². The van der Waals surface area contributed by atoms with E-state index in [4.69, 9.17) is 4.42 Å². The number of nitro groups is 1. The summed E-state index contributed by atoms with van der Waals surface area (Å²) in [5, 5.41) is 17.9. The fraction of sp³-hybridized carbons (Fsp3) is 0.409. The van der Waals surface area contributed by atoms with Gasteiger partial charge < -0.3 is 9.73 Å². The Morgan fingerprint density at radius 1 is 1.19 bits per heavy atom. The average Bonchev–Trinajstić information content (AvgIpc) is 3.09. The molecule has 2 aromatic rings. The van der Waals surface area contributed by atoms with Gasteiger partial charge in [0.25, 0.3) is 17.5 Å². The van der Waals surface area contributed by atoms with E-state index in [0.717, 1.165) is 18.4 Å². The number of furan rings is 1. The van der Waals surface area contributed by atoms with Gasteiger partial charge in [-0.15, -0.1) is 0 Å². The summed E-state index contributed by atoms with van der Waals surface area (Å²) in [5.74, 6) is 0.750. The summed E-state index contributed by atoms with van der Waals surface area (Å²) >= 11 is 0. The molecule has 1 aliphatic rings. The van der Waals surface area contributed by atoms with Crippen LogP contribution in [0.3, 0.4) is 0 Å². The summed E-state index contributed by atoms with van der Waals surface area (Å²) in [6, 6.07) is 5.29. The van der Waals surface area contributed by atoms with E-state index in [0.29, 0.717) is 42.3 Å².